The van der Waals surface area contributed by atoms with Gasteiger partial charge in [-0.2, -0.15) is 13.2 Å². The smallest absolute Gasteiger partial charge is 0.417 e. The van der Waals surface area contributed by atoms with E-state index < -0.39 is 11.7 Å². The summed E-state index contributed by atoms with van der Waals surface area (Å²) in [5, 5.41) is 2.91. The summed E-state index contributed by atoms with van der Waals surface area (Å²) in [5.41, 5.74) is -0.755. The lowest BCUT2D eigenvalue weighted by molar-refractivity contribution is -0.137. The molecule has 28 heavy (non-hydrogen) atoms. The van der Waals surface area contributed by atoms with Crippen molar-refractivity contribution in [2.75, 3.05) is 37.6 Å². The van der Waals surface area contributed by atoms with Crippen molar-refractivity contribution in [3.8, 4) is 0 Å². The van der Waals surface area contributed by atoms with Crippen molar-refractivity contribution in [1.82, 2.24) is 15.2 Å². The molecule has 0 aliphatic carbocycles. The Morgan fingerprint density at radius 1 is 1.25 bits per heavy atom. The number of nitrogens with one attached hydrogen (secondary N) is 1. The zero-order chi connectivity index (χ0) is 20.1. The Bertz CT molecular complexity index is 762. The molecule has 1 unspecified atom stereocenters. The molecule has 1 saturated heterocycles. The lowest BCUT2D eigenvalue weighted by Gasteiger charge is -2.23. The lowest BCUT2D eigenvalue weighted by Crippen LogP contribution is -2.40. The van der Waals surface area contributed by atoms with Crippen molar-refractivity contribution in [1.29, 1.82) is 0 Å². The van der Waals surface area contributed by atoms with Gasteiger partial charge in [0.1, 0.15) is 11.6 Å². The fraction of sp³-hybridized carbons (Fsp3) is 0.474. The number of amides is 1. The summed E-state index contributed by atoms with van der Waals surface area (Å²) >= 11 is 0. The third kappa shape index (κ3) is 5.25. The predicted molar refractivity (Wildman–Crippen MR) is 97.8 cm³/mol. The molecular formula is C19H23F3N4O2. The Balaban J connectivity index is 1.51. The van der Waals surface area contributed by atoms with Crippen LogP contribution in [0.4, 0.5) is 19.0 Å². The van der Waals surface area contributed by atoms with Crippen LogP contribution in [-0.4, -0.2) is 48.5 Å². The van der Waals surface area contributed by atoms with E-state index >= 15 is 0 Å². The molecule has 2 aromatic rings. The van der Waals surface area contributed by atoms with Crippen LogP contribution in [-0.2, 0) is 11.0 Å². The number of pyridine rings is 1. The molecule has 9 heteroatoms. The summed E-state index contributed by atoms with van der Waals surface area (Å²) in [6.07, 6.45) is -1.16. The highest BCUT2D eigenvalue weighted by atomic mass is 19.4. The molecule has 6 nitrogen and oxygen atoms in total. The van der Waals surface area contributed by atoms with Crippen molar-refractivity contribution in [3.63, 3.8) is 0 Å². The van der Waals surface area contributed by atoms with Crippen LogP contribution in [0.15, 0.2) is 41.1 Å². The van der Waals surface area contributed by atoms with E-state index in [2.05, 4.69) is 10.3 Å². The van der Waals surface area contributed by atoms with E-state index in [1.165, 1.54) is 6.07 Å². The van der Waals surface area contributed by atoms with E-state index in [0.29, 0.717) is 31.2 Å². The van der Waals surface area contributed by atoms with Gasteiger partial charge in [0, 0.05) is 32.4 Å². The lowest BCUT2D eigenvalue weighted by atomic mass is 10.2. The monoisotopic (exact) mass is 396 g/mol. The zero-order valence-electron chi connectivity index (χ0n) is 15.6. The zero-order valence-corrected chi connectivity index (χ0v) is 15.6. The summed E-state index contributed by atoms with van der Waals surface area (Å²) in [5.74, 6) is 1.12. The van der Waals surface area contributed by atoms with Crippen LogP contribution >= 0.6 is 0 Å². The first-order valence-corrected chi connectivity index (χ1v) is 9.16. The number of nitrogens with zero attached hydrogens (tertiary/aromatic N) is 3. The molecule has 0 aromatic carbocycles. The highest BCUT2D eigenvalue weighted by molar-refractivity contribution is 5.78. The van der Waals surface area contributed by atoms with Crippen molar-refractivity contribution in [3.05, 3.63) is 48.0 Å². The molecule has 2 aromatic heterocycles. The van der Waals surface area contributed by atoms with Crippen LogP contribution < -0.4 is 10.2 Å². The van der Waals surface area contributed by atoms with Gasteiger partial charge in [0.15, 0.2) is 0 Å². The Morgan fingerprint density at radius 3 is 2.71 bits per heavy atom. The summed E-state index contributed by atoms with van der Waals surface area (Å²) in [6.45, 7) is 4.76. The van der Waals surface area contributed by atoms with Gasteiger partial charge in [-0.25, -0.2) is 4.98 Å². The topological polar surface area (TPSA) is 61.6 Å². The van der Waals surface area contributed by atoms with Crippen molar-refractivity contribution in [2.45, 2.75) is 25.6 Å². The van der Waals surface area contributed by atoms with E-state index in [1.54, 1.807) is 12.3 Å². The second-order valence-corrected chi connectivity index (χ2v) is 6.82. The molecular weight excluding hydrogens is 373 g/mol. The van der Waals surface area contributed by atoms with Crippen LogP contribution in [0.25, 0.3) is 0 Å². The van der Waals surface area contributed by atoms with Gasteiger partial charge in [-0.3, -0.25) is 9.69 Å². The average Bonchev–Trinajstić information content (AvgIpc) is 3.09. The molecule has 0 bridgehead atoms. The van der Waals surface area contributed by atoms with Gasteiger partial charge in [-0.05, 0) is 37.6 Å². The first-order valence-electron chi connectivity index (χ1n) is 9.16. The molecule has 152 valence electrons. The number of rotatable bonds is 5. The van der Waals surface area contributed by atoms with Crippen molar-refractivity contribution in [2.24, 2.45) is 0 Å². The Kier molecular flexibility index (Phi) is 6.23. The summed E-state index contributed by atoms with van der Waals surface area (Å²) in [7, 11) is 0. The Labute approximate surface area is 161 Å². The third-order valence-corrected chi connectivity index (χ3v) is 4.70. The van der Waals surface area contributed by atoms with Gasteiger partial charge < -0.3 is 14.6 Å². The number of furan rings is 1. The second-order valence-electron chi connectivity index (χ2n) is 6.82. The van der Waals surface area contributed by atoms with Crippen molar-refractivity contribution < 1.29 is 22.4 Å². The molecule has 3 heterocycles. The van der Waals surface area contributed by atoms with E-state index in [0.717, 1.165) is 25.2 Å². The highest BCUT2D eigenvalue weighted by Gasteiger charge is 2.31. The second kappa shape index (κ2) is 8.64. The van der Waals surface area contributed by atoms with E-state index in [4.69, 9.17) is 4.42 Å². The number of halogens is 3. The average molecular weight is 396 g/mol. The minimum Gasteiger partial charge on any atom is -0.467 e. The predicted octanol–water partition coefficient (Wildman–Crippen LogP) is 3.08. The first-order chi connectivity index (χ1) is 13.3. The van der Waals surface area contributed by atoms with Crippen LogP contribution in [0, 0.1) is 0 Å². The maximum atomic E-state index is 12.7. The van der Waals surface area contributed by atoms with Gasteiger partial charge in [0.25, 0.3) is 0 Å². The summed E-state index contributed by atoms with van der Waals surface area (Å²) < 4.78 is 43.3. The minimum absolute atomic E-state index is 0.0926. The van der Waals surface area contributed by atoms with Crippen LogP contribution in [0.3, 0.4) is 0 Å². The molecule has 1 aliphatic heterocycles. The maximum absolute atomic E-state index is 12.7. The minimum atomic E-state index is -4.39. The Hall–Kier alpha value is -2.55. The molecule has 1 atom stereocenters. The molecule has 1 amide bonds. The number of hydrogen-bond acceptors (Lipinski definition) is 5. The number of hydrogen-bond donors (Lipinski definition) is 1. The molecule has 1 aliphatic rings. The summed E-state index contributed by atoms with van der Waals surface area (Å²) in [6, 6.07) is 5.83. The molecule has 3 rings (SSSR count). The third-order valence-electron chi connectivity index (χ3n) is 4.70. The van der Waals surface area contributed by atoms with Gasteiger partial charge in [0.2, 0.25) is 5.91 Å². The fourth-order valence-corrected chi connectivity index (χ4v) is 3.20. The normalized spacial score (nSPS) is 17.2. The number of alkyl halides is 3. The fourth-order valence-electron chi connectivity index (χ4n) is 3.20. The van der Waals surface area contributed by atoms with E-state index in [-0.39, 0.29) is 18.5 Å². The quantitative estimate of drug-likeness (QED) is 0.842. The number of aromatic nitrogens is 1. The molecule has 1 N–H and O–H groups in total. The first kappa shape index (κ1) is 20.2. The Morgan fingerprint density at radius 2 is 2.07 bits per heavy atom. The van der Waals surface area contributed by atoms with Gasteiger partial charge >= 0.3 is 6.18 Å². The van der Waals surface area contributed by atoms with Crippen molar-refractivity contribution >= 4 is 11.7 Å². The number of carbonyl (C=O) groups is 1. The molecule has 1 fully saturated rings. The van der Waals surface area contributed by atoms with Crippen LogP contribution in [0.1, 0.15) is 30.7 Å². The van der Waals surface area contributed by atoms with Gasteiger partial charge in [-0.1, -0.05) is 0 Å². The maximum Gasteiger partial charge on any atom is 0.417 e. The van der Waals surface area contributed by atoms with Crippen LogP contribution in [0.5, 0.6) is 0 Å². The summed E-state index contributed by atoms with van der Waals surface area (Å²) in [4.78, 5) is 20.2. The highest BCUT2D eigenvalue weighted by Crippen LogP contribution is 2.29. The van der Waals surface area contributed by atoms with E-state index in [9.17, 15) is 18.0 Å². The molecule has 0 spiro atoms. The number of anilines is 1. The number of carbonyl (C=O) groups excluding carboxylic acids is 1. The van der Waals surface area contributed by atoms with Crippen LogP contribution in [0.2, 0.25) is 0 Å². The standard InChI is InChI=1S/C19H23F3N4O2/c1-14(16-4-2-11-28-16)24-18(27)13-25-7-3-8-26(10-9-25)17-6-5-15(12-23-17)19(20,21)22/h2,4-6,11-12,14H,3,7-10,13H2,1H3,(H,24,27). The SMILES string of the molecule is CC(NC(=O)CN1CCCN(c2ccc(C(F)(F)F)cn2)CC1)c1ccco1. The molecule has 0 radical (unpaired) electrons. The largest absolute Gasteiger partial charge is 0.467 e. The van der Waals surface area contributed by atoms with E-state index in [1.807, 2.05) is 22.8 Å². The van der Waals surface area contributed by atoms with Gasteiger partial charge in [-0.15, -0.1) is 0 Å². The molecule has 0 saturated carbocycles. The van der Waals surface area contributed by atoms with Gasteiger partial charge in [0.05, 0.1) is 24.4 Å².